The lowest BCUT2D eigenvalue weighted by Gasteiger charge is -2.30. The Balaban J connectivity index is 4.13. The Bertz CT molecular complexity index is 140. The Kier molecular flexibility index (Phi) is 6.71. The second-order valence-corrected chi connectivity index (χ2v) is 9.78. The highest BCUT2D eigenvalue weighted by Crippen LogP contribution is 2.22. The van der Waals surface area contributed by atoms with Crippen LogP contribution in [-0.4, -0.2) is 14.4 Å². The third kappa shape index (κ3) is 6.60. The molecule has 0 aliphatic rings. The van der Waals surface area contributed by atoms with Gasteiger partial charge in [-0.1, -0.05) is 33.6 Å². The van der Waals surface area contributed by atoms with Crippen molar-refractivity contribution in [1.29, 1.82) is 0 Å². The van der Waals surface area contributed by atoms with Crippen LogP contribution in [0.25, 0.3) is 0 Å². The molecule has 0 aliphatic heterocycles. The van der Waals surface area contributed by atoms with Crippen LogP contribution >= 0.6 is 0 Å². The molecule has 0 rings (SSSR count). The summed E-state index contributed by atoms with van der Waals surface area (Å²) in [5.74, 6) is 0.728. The second-order valence-electron chi connectivity index (χ2n) is 5.32. The lowest BCUT2D eigenvalue weighted by Crippen LogP contribution is -2.35. The van der Waals surface area contributed by atoms with E-state index in [2.05, 4.69) is 40.4 Å². The molecule has 0 N–H and O–H groups in total. The van der Waals surface area contributed by atoms with Crippen molar-refractivity contribution in [2.45, 2.75) is 72.2 Å². The molecule has 0 aromatic rings. The minimum absolute atomic E-state index is 0.506. The maximum Gasteiger partial charge on any atom is 0.184 e. The van der Waals surface area contributed by atoms with E-state index in [9.17, 15) is 0 Å². The van der Waals surface area contributed by atoms with Gasteiger partial charge in [0.1, 0.15) is 0 Å². The van der Waals surface area contributed by atoms with Gasteiger partial charge >= 0.3 is 0 Å². The Morgan fingerprint density at radius 3 is 1.86 bits per heavy atom. The monoisotopic (exact) mass is 216 g/mol. The molecule has 2 heteroatoms. The van der Waals surface area contributed by atoms with Crippen LogP contribution in [0, 0.1) is 5.92 Å². The fourth-order valence-corrected chi connectivity index (χ4v) is 3.10. The standard InChI is InChI=1S/C12H28OSi/c1-7-9-11(3)12(10-8-2)13-14(4,5)6/h11-12H,7-10H2,1-6H3/t11-,12-/m1/s1. The van der Waals surface area contributed by atoms with Gasteiger partial charge in [-0.15, -0.1) is 0 Å². The van der Waals surface area contributed by atoms with Crippen LogP contribution < -0.4 is 0 Å². The van der Waals surface area contributed by atoms with Crippen molar-refractivity contribution in [3.8, 4) is 0 Å². The maximum atomic E-state index is 6.23. The molecule has 0 aliphatic carbocycles. The zero-order chi connectivity index (χ0) is 11.2. The molecule has 1 nitrogen and oxygen atoms in total. The highest BCUT2D eigenvalue weighted by atomic mass is 28.4. The van der Waals surface area contributed by atoms with Gasteiger partial charge in [0, 0.05) is 6.10 Å². The molecular formula is C12H28OSi. The summed E-state index contributed by atoms with van der Waals surface area (Å²) in [6.45, 7) is 13.7. The maximum absolute atomic E-state index is 6.23. The van der Waals surface area contributed by atoms with Gasteiger partial charge in [-0.05, 0) is 38.4 Å². The van der Waals surface area contributed by atoms with E-state index in [1.165, 1.54) is 25.7 Å². The normalized spacial score (nSPS) is 16.7. The van der Waals surface area contributed by atoms with Gasteiger partial charge in [0.2, 0.25) is 0 Å². The lowest BCUT2D eigenvalue weighted by atomic mass is 9.96. The van der Waals surface area contributed by atoms with E-state index < -0.39 is 8.32 Å². The van der Waals surface area contributed by atoms with Crippen molar-refractivity contribution in [2.24, 2.45) is 5.92 Å². The number of hydrogen-bond acceptors (Lipinski definition) is 1. The molecule has 14 heavy (non-hydrogen) atoms. The SMILES string of the molecule is CCC[C@@H](C)[C@@H](CCC)O[Si](C)(C)C. The van der Waals surface area contributed by atoms with Crippen molar-refractivity contribution in [3.05, 3.63) is 0 Å². The summed E-state index contributed by atoms with van der Waals surface area (Å²) in [5, 5.41) is 0. The summed E-state index contributed by atoms with van der Waals surface area (Å²) in [7, 11) is -1.35. The summed E-state index contributed by atoms with van der Waals surface area (Å²) in [5.41, 5.74) is 0. The van der Waals surface area contributed by atoms with E-state index in [1.807, 2.05) is 0 Å². The molecule has 0 spiro atoms. The van der Waals surface area contributed by atoms with Crippen molar-refractivity contribution in [2.75, 3.05) is 0 Å². The summed E-state index contributed by atoms with van der Waals surface area (Å²) in [4.78, 5) is 0. The van der Waals surface area contributed by atoms with Crippen molar-refractivity contribution in [1.82, 2.24) is 0 Å². The van der Waals surface area contributed by atoms with Gasteiger partial charge in [0.15, 0.2) is 8.32 Å². The largest absolute Gasteiger partial charge is 0.414 e. The van der Waals surface area contributed by atoms with Crippen LogP contribution in [0.15, 0.2) is 0 Å². The molecule has 0 radical (unpaired) electrons. The molecule has 86 valence electrons. The summed E-state index contributed by atoms with van der Waals surface area (Å²) >= 11 is 0. The van der Waals surface area contributed by atoms with Crippen LogP contribution in [0.2, 0.25) is 19.6 Å². The number of rotatable bonds is 7. The van der Waals surface area contributed by atoms with Crippen LogP contribution in [0.4, 0.5) is 0 Å². The quantitative estimate of drug-likeness (QED) is 0.572. The van der Waals surface area contributed by atoms with E-state index in [0.29, 0.717) is 6.10 Å². The predicted octanol–water partition coefficient (Wildman–Crippen LogP) is 4.44. The zero-order valence-electron chi connectivity index (χ0n) is 10.9. The van der Waals surface area contributed by atoms with E-state index in [-0.39, 0.29) is 0 Å². The first-order chi connectivity index (χ1) is 6.40. The smallest absolute Gasteiger partial charge is 0.184 e. The van der Waals surface area contributed by atoms with Crippen LogP contribution in [0.3, 0.4) is 0 Å². The van der Waals surface area contributed by atoms with Crippen molar-refractivity contribution < 1.29 is 4.43 Å². The Morgan fingerprint density at radius 1 is 1.00 bits per heavy atom. The summed E-state index contributed by atoms with van der Waals surface area (Å²) in [6.07, 6.45) is 5.55. The Labute approximate surface area is 91.4 Å². The topological polar surface area (TPSA) is 9.23 Å². The predicted molar refractivity (Wildman–Crippen MR) is 67.2 cm³/mol. The molecule has 0 aromatic heterocycles. The average Bonchev–Trinajstić information content (AvgIpc) is 2.01. The summed E-state index contributed by atoms with van der Waals surface area (Å²) < 4.78 is 6.23. The molecule has 0 heterocycles. The van der Waals surface area contributed by atoms with Gasteiger partial charge < -0.3 is 4.43 Å². The Hall–Kier alpha value is 0.177. The van der Waals surface area contributed by atoms with E-state index in [4.69, 9.17) is 4.43 Å². The first-order valence-corrected chi connectivity index (χ1v) is 9.49. The van der Waals surface area contributed by atoms with Crippen LogP contribution in [-0.2, 0) is 4.43 Å². The van der Waals surface area contributed by atoms with E-state index in [1.54, 1.807) is 0 Å². The van der Waals surface area contributed by atoms with E-state index >= 15 is 0 Å². The van der Waals surface area contributed by atoms with Gasteiger partial charge in [0.05, 0.1) is 0 Å². The minimum atomic E-state index is -1.35. The zero-order valence-corrected chi connectivity index (χ0v) is 11.9. The fraction of sp³-hybridized carbons (Fsp3) is 1.00. The molecule has 0 bridgehead atoms. The molecule has 2 atom stereocenters. The average molecular weight is 216 g/mol. The molecular weight excluding hydrogens is 188 g/mol. The van der Waals surface area contributed by atoms with Gasteiger partial charge in [-0.3, -0.25) is 0 Å². The van der Waals surface area contributed by atoms with Crippen LogP contribution in [0.1, 0.15) is 46.5 Å². The highest BCUT2D eigenvalue weighted by molar-refractivity contribution is 6.69. The first kappa shape index (κ1) is 14.2. The summed E-state index contributed by atoms with van der Waals surface area (Å²) in [6, 6.07) is 0. The first-order valence-electron chi connectivity index (χ1n) is 6.08. The fourth-order valence-electron chi connectivity index (χ4n) is 1.84. The number of hydrogen-bond donors (Lipinski definition) is 0. The van der Waals surface area contributed by atoms with Gasteiger partial charge in [-0.25, -0.2) is 0 Å². The van der Waals surface area contributed by atoms with Crippen molar-refractivity contribution >= 4 is 8.32 Å². The Morgan fingerprint density at radius 2 is 1.50 bits per heavy atom. The van der Waals surface area contributed by atoms with Crippen LogP contribution in [0.5, 0.6) is 0 Å². The third-order valence-corrected chi connectivity index (χ3v) is 3.47. The van der Waals surface area contributed by atoms with E-state index in [0.717, 1.165) is 5.92 Å². The molecule has 0 fully saturated rings. The second kappa shape index (κ2) is 6.62. The molecule has 0 saturated carbocycles. The highest BCUT2D eigenvalue weighted by Gasteiger charge is 2.24. The minimum Gasteiger partial charge on any atom is -0.414 e. The molecule has 0 aromatic carbocycles. The molecule has 0 amide bonds. The van der Waals surface area contributed by atoms with Crippen molar-refractivity contribution in [3.63, 3.8) is 0 Å². The molecule has 0 unspecified atom stereocenters. The third-order valence-electron chi connectivity index (χ3n) is 2.46. The van der Waals surface area contributed by atoms with Gasteiger partial charge in [0.25, 0.3) is 0 Å². The lowest BCUT2D eigenvalue weighted by molar-refractivity contribution is 0.119. The van der Waals surface area contributed by atoms with Gasteiger partial charge in [-0.2, -0.15) is 0 Å². The molecule has 0 saturated heterocycles.